The molecule has 0 aliphatic rings. The fourth-order valence-electron chi connectivity index (χ4n) is 2.58. The number of benzene rings is 2. The number of hydrogen-bond donors (Lipinski definition) is 2. The predicted molar refractivity (Wildman–Crippen MR) is 131 cm³/mol. The van der Waals surface area contributed by atoms with Crippen molar-refractivity contribution in [1.29, 1.82) is 0 Å². The van der Waals surface area contributed by atoms with E-state index in [1.54, 1.807) is 55.0 Å². The molecule has 2 aromatic carbocycles. The van der Waals surface area contributed by atoms with E-state index in [0.29, 0.717) is 16.9 Å². The number of carboxylic acid groups (broad SMARTS) is 1. The van der Waals surface area contributed by atoms with Crippen molar-refractivity contribution in [3.63, 3.8) is 0 Å². The van der Waals surface area contributed by atoms with Crippen LogP contribution >= 0.6 is 0 Å². The predicted octanol–water partition coefficient (Wildman–Crippen LogP) is 4.63. The van der Waals surface area contributed by atoms with Crippen molar-refractivity contribution in [2.75, 3.05) is 4.72 Å². The number of non-ortho nitro benzene ring substituents is 1. The van der Waals surface area contributed by atoms with Gasteiger partial charge in [-0.1, -0.05) is 30.3 Å². The fourth-order valence-corrected chi connectivity index (χ4v) is 3.66. The number of nitrogens with one attached hydrogen (secondary N) is 1. The van der Waals surface area contributed by atoms with E-state index in [-0.39, 0.29) is 31.0 Å². The minimum Gasteiger partial charge on any atom is -0.481 e. The Kier molecular flexibility index (Phi) is 12.6. The SMILES string of the molecule is CC(=O)O.O=[N+]([O-])c1ccc(S(=O)(=O)Nc2ccccc2-c2ccccn2)cc1.[Pd].c1ccncc1. The Bertz CT molecular complexity index is 1310. The Morgan fingerprint density at radius 1 is 0.889 bits per heavy atom. The van der Waals surface area contributed by atoms with Crippen LogP contribution in [-0.4, -0.2) is 34.4 Å². The topological polar surface area (TPSA) is 152 Å². The van der Waals surface area contributed by atoms with Crippen molar-refractivity contribution in [2.24, 2.45) is 0 Å². The van der Waals surface area contributed by atoms with Crippen LogP contribution in [0.5, 0.6) is 0 Å². The number of sulfonamides is 1. The van der Waals surface area contributed by atoms with E-state index in [2.05, 4.69) is 14.7 Å². The van der Waals surface area contributed by atoms with E-state index in [0.717, 1.165) is 19.1 Å². The molecular weight excluding hydrogens is 579 g/mol. The Hall–Kier alpha value is -3.98. The van der Waals surface area contributed by atoms with Gasteiger partial charge >= 0.3 is 0 Å². The van der Waals surface area contributed by atoms with E-state index >= 15 is 0 Å². The number of nitro benzene ring substituents is 1. The van der Waals surface area contributed by atoms with Crippen molar-refractivity contribution in [1.82, 2.24) is 9.97 Å². The average Bonchev–Trinajstić information content (AvgIpc) is 2.86. The third-order valence-electron chi connectivity index (χ3n) is 4.04. The van der Waals surface area contributed by atoms with Crippen LogP contribution < -0.4 is 4.72 Å². The summed E-state index contributed by atoms with van der Waals surface area (Å²) in [6.07, 6.45) is 5.12. The molecule has 0 radical (unpaired) electrons. The molecule has 36 heavy (non-hydrogen) atoms. The first kappa shape index (κ1) is 30.1. The minimum absolute atomic E-state index is 0. The molecule has 0 spiro atoms. The number of rotatable bonds is 5. The van der Waals surface area contributed by atoms with E-state index < -0.39 is 20.9 Å². The van der Waals surface area contributed by atoms with Gasteiger partial charge in [-0.05, 0) is 42.5 Å². The van der Waals surface area contributed by atoms with Gasteiger partial charge < -0.3 is 5.11 Å². The van der Waals surface area contributed by atoms with Crippen LogP contribution in [-0.2, 0) is 35.2 Å². The molecule has 2 N–H and O–H groups in total. The number of carbonyl (C=O) groups is 1. The first-order chi connectivity index (χ1) is 16.7. The molecular formula is C24H22N4O6PdS. The zero-order valence-electron chi connectivity index (χ0n) is 18.9. The summed E-state index contributed by atoms with van der Waals surface area (Å²) in [7, 11) is -3.89. The van der Waals surface area contributed by atoms with Crippen LogP contribution in [0.15, 0.2) is 108 Å². The molecule has 0 atom stereocenters. The van der Waals surface area contributed by atoms with Gasteiger partial charge in [0.05, 0.1) is 21.2 Å². The number of carboxylic acids is 1. The average molecular weight is 601 g/mol. The molecule has 0 unspecified atom stereocenters. The number of aromatic nitrogens is 2. The number of nitro groups is 1. The molecule has 190 valence electrons. The zero-order chi connectivity index (χ0) is 25.7. The van der Waals surface area contributed by atoms with Gasteiger partial charge in [-0.2, -0.15) is 0 Å². The second kappa shape index (κ2) is 15.1. The van der Waals surface area contributed by atoms with Gasteiger partial charge in [0.15, 0.2) is 0 Å². The summed E-state index contributed by atoms with van der Waals surface area (Å²) in [4.78, 5) is 27.1. The molecule has 0 amide bonds. The van der Waals surface area contributed by atoms with Crippen LogP contribution in [0.2, 0.25) is 0 Å². The third-order valence-corrected chi connectivity index (χ3v) is 5.42. The molecule has 2 aromatic heterocycles. The Morgan fingerprint density at radius 3 is 1.92 bits per heavy atom. The number of anilines is 1. The van der Waals surface area contributed by atoms with Crippen molar-refractivity contribution >= 4 is 27.4 Å². The first-order valence-electron chi connectivity index (χ1n) is 10.0. The molecule has 0 saturated carbocycles. The van der Waals surface area contributed by atoms with E-state index in [1.807, 2.05) is 24.3 Å². The van der Waals surface area contributed by atoms with Crippen molar-refractivity contribution < 1.29 is 43.7 Å². The Balaban J connectivity index is 0.000000495. The van der Waals surface area contributed by atoms with Crippen molar-refractivity contribution in [2.45, 2.75) is 11.8 Å². The maximum Gasteiger partial charge on any atom is 0.300 e. The Morgan fingerprint density at radius 2 is 1.44 bits per heavy atom. The summed E-state index contributed by atoms with van der Waals surface area (Å²) >= 11 is 0. The summed E-state index contributed by atoms with van der Waals surface area (Å²) in [6, 6.07) is 22.7. The summed E-state index contributed by atoms with van der Waals surface area (Å²) in [6.45, 7) is 1.08. The molecule has 4 aromatic rings. The maximum atomic E-state index is 12.6. The molecule has 0 aliphatic heterocycles. The summed E-state index contributed by atoms with van der Waals surface area (Å²) in [5, 5.41) is 18.1. The fraction of sp³-hybridized carbons (Fsp3) is 0.0417. The first-order valence-corrected chi connectivity index (χ1v) is 11.5. The number of pyridine rings is 2. The smallest absolute Gasteiger partial charge is 0.300 e. The largest absolute Gasteiger partial charge is 0.481 e. The van der Waals surface area contributed by atoms with Gasteiger partial charge in [-0.3, -0.25) is 29.6 Å². The summed E-state index contributed by atoms with van der Waals surface area (Å²) < 4.78 is 27.6. The number of hydrogen-bond acceptors (Lipinski definition) is 7. The molecule has 0 bridgehead atoms. The standard InChI is InChI=1S/C17H13N3O4S.C5H5N.C2H4O2.Pd/c21-20(22)13-8-10-14(11-9-13)25(23,24)19-17-7-2-1-5-15(17)16-6-3-4-12-18-16;1-2-4-6-5-3-1;1-2(3)4;/h1-12,19H;1-5H;1H3,(H,3,4);. The third kappa shape index (κ3) is 10.1. The van der Waals surface area contributed by atoms with Gasteiger partial charge in [0.2, 0.25) is 0 Å². The normalized spacial score (nSPS) is 9.69. The second-order valence-corrected chi connectivity index (χ2v) is 8.34. The number of para-hydroxylation sites is 1. The molecule has 0 aliphatic carbocycles. The van der Waals surface area contributed by atoms with Gasteiger partial charge in [-0.25, -0.2) is 8.42 Å². The van der Waals surface area contributed by atoms with E-state index in [1.165, 1.54) is 12.1 Å². The van der Waals surface area contributed by atoms with Crippen molar-refractivity contribution in [3.8, 4) is 11.3 Å². The summed E-state index contributed by atoms with van der Waals surface area (Å²) in [5.41, 5.74) is 1.46. The van der Waals surface area contributed by atoms with Crippen LogP contribution in [0.3, 0.4) is 0 Å². The van der Waals surface area contributed by atoms with Crippen LogP contribution in [0.1, 0.15) is 6.92 Å². The van der Waals surface area contributed by atoms with Crippen LogP contribution in [0.4, 0.5) is 11.4 Å². The minimum atomic E-state index is -3.89. The Labute approximate surface area is 221 Å². The molecule has 0 fully saturated rings. The van der Waals surface area contributed by atoms with Crippen LogP contribution in [0.25, 0.3) is 11.3 Å². The van der Waals surface area contributed by atoms with Gasteiger partial charge in [0.1, 0.15) is 0 Å². The maximum absolute atomic E-state index is 12.6. The molecule has 4 rings (SSSR count). The monoisotopic (exact) mass is 600 g/mol. The van der Waals surface area contributed by atoms with Gasteiger partial charge in [0.25, 0.3) is 21.7 Å². The van der Waals surface area contributed by atoms with Crippen LogP contribution in [0, 0.1) is 10.1 Å². The van der Waals surface area contributed by atoms with E-state index in [9.17, 15) is 18.5 Å². The number of nitrogens with zero attached hydrogens (tertiary/aromatic N) is 3. The number of aliphatic carboxylic acids is 1. The molecule has 0 saturated heterocycles. The van der Waals surface area contributed by atoms with Gasteiger partial charge in [0, 0.05) is 63.6 Å². The van der Waals surface area contributed by atoms with Gasteiger partial charge in [-0.15, -0.1) is 0 Å². The molecule has 12 heteroatoms. The van der Waals surface area contributed by atoms with E-state index in [4.69, 9.17) is 9.90 Å². The quantitative estimate of drug-likeness (QED) is 0.191. The molecule has 2 heterocycles. The summed E-state index contributed by atoms with van der Waals surface area (Å²) in [5.74, 6) is -0.833. The van der Waals surface area contributed by atoms with Crippen molar-refractivity contribution in [3.05, 3.63) is 114 Å². The zero-order valence-corrected chi connectivity index (χ0v) is 21.2. The molecule has 10 nitrogen and oxygen atoms in total. The second-order valence-electron chi connectivity index (χ2n) is 6.66.